The zero-order valence-corrected chi connectivity index (χ0v) is 12.2. The number of carboxylic acids is 1. The van der Waals surface area contributed by atoms with E-state index in [-0.39, 0.29) is 11.3 Å². The van der Waals surface area contributed by atoms with E-state index in [2.05, 4.69) is 0 Å². The largest absolute Gasteiger partial charge is 0.480 e. The Morgan fingerprint density at radius 1 is 1.47 bits per heavy atom. The van der Waals surface area contributed by atoms with Gasteiger partial charge in [-0.15, -0.1) is 11.8 Å². The molecule has 6 heteroatoms. The molecule has 1 fully saturated rings. The maximum absolute atomic E-state index is 12.5. The summed E-state index contributed by atoms with van der Waals surface area (Å²) in [7, 11) is 0. The molecule has 0 bridgehead atoms. The predicted molar refractivity (Wildman–Crippen MR) is 75.7 cm³/mol. The van der Waals surface area contributed by atoms with Gasteiger partial charge in [0.15, 0.2) is 0 Å². The molecular weight excluding hydrogens is 286 g/mol. The van der Waals surface area contributed by atoms with Gasteiger partial charge in [0, 0.05) is 16.3 Å². The van der Waals surface area contributed by atoms with Crippen LogP contribution in [0.5, 0.6) is 0 Å². The lowest BCUT2D eigenvalue weighted by Gasteiger charge is -2.25. The van der Waals surface area contributed by atoms with Crippen LogP contribution >= 0.6 is 23.4 Å². The van der Waals surface area contributed by atoms with Gasteiger partial charge in [0.05, 0.1) is 5.37 Å². The summed E-state index contributed by atoms with van der Waals surface area (Å²) >= 11 is 7.38. The van der Waals surface area contributed by atoms with Gasteiger partial charge in [-0.1, -0.05) is 17.7 Å². The van der Waals surface area contributed by atoms with E-state index >= 15 is 0 Å². The molecule has 1 aliphatic rings. The maximum Gasteiger partial charge on any atom is 0.327 e. The quantitative estimate of drug-likeness (QED) is 0.912. The Morgan fingerprint density at radius 2 is 2.16 bits per heavy atom. The van der Waals surface area contributed by atoms with Crippen molar-refractivity contribution in [1.82, 2.24) is 4.90 Å². The number of rotatable bonds is 2. The van der Waals surface area contributed by atoms with Crippen LogP contribution in [0.15, 0.2) is 18.2 Å². The first-order valence-electron chi connectivity index (χ1n) is 5.85. The molecule has 0 spiro atoms. The highest BCUT2D eigenvalue weighted by atomic mass is 35.5. The Balaban J connectivity index is 2.37. The molecule has 1 aromatic carbocycles. The molecule has 1 saturated heterocycles. The number of nitrogens with zero attached hydrogens (tertiary/aromatic N) is 1. The number of aryl methyl sites for hydroxylation is 1. The van der Waals surface area contributed by atoms with Crippen LogP contribution in [-0.2, 0) is 4.79 Å². The van der Waals surface area contributed by atoms with Crippen molar-refractivity contribution in [3.63, 3.8) is 0 Å². The Bertz CT molecular complexity index is 535. The van der Waals surface area contributed by atoms with E-state index in [0.717, 1.165) is 5.56 Å². The lowest BCUT2D eigenvalue weighted by Crippen LogP contribution is -2.45. The van der Waals surface area contributed by atoms with E-state index in [9.17, 15) is 14.7 Å². The fraction of sp³-hybridized carbons (Fsp3) is 0.385. The summed E-state index contributed by atoms with van der Waals surface area (Å²) in [4.78, 5) is 25.2. The van der Waals surface area contributed by atoms with E-state index < -0.39 is 12.0 Å². The first-order chi connectivity index (χ1) is 8.91. The minimum Gasteiger partial charge on any atom is -0.480 e. The molecule has 102 valence electrons. The molecule has 1 aromatic rings. The minimum absolute atomic E-state index is 0.146. The van der Waals surface area contributed by atoms with Crippen molar-refractivity contribution in [2.75, 3.05) is 5.75 Å². The van der Waals surface area contributed by atoms with Crippen LogP contribution in [0.3, 0.4) is 0 Å². The second-order valence-electron chi connectivity index (χ2n) is 4.46. The normalized spacial score (nSPS) is 22.6. The average Bonchev–Trinajstić information content (AvgIpc) is 2.73. The summed E-state index contributed by atoms with van der Waals surface area (Å²) in [5, 5.41) is 9.51. The second-order valence-corrected chi connectivity index (χ2v) is 6.24. The van der Waals surface area contributed by atoms with Crippen molar-refractivity contribution < 1.29 is 14.7 Å². The number of amides is 1. The average molecular weight is 300 g/mol. The molecule has 0 saturated carbocycles. The van der Waals surface area contributed by atoms with E-state index in [1.165, 1.54) is 16.7 Å². The number of thioether (sulfide) groups is 1. The lowest BCUT2D eigenvalue weighted by atomic mass is 10.1. The smallest absolute Gasteiger partial charge is 0.327 e. The third kappa shape index (κ3) is 2.72. The van der Waals surface area contributed by atoms with Crippen LogP contribution < -0.4 is 0 Å². The topological polar surface area (TPSA) is 57.6 Å². The van der Waals surface area contributed by atoms with Gasteiger partial charge in [-0.05, 0) is 31.5 Å². The Kier molecular flexibility index (Phi) is 4.06. The van der Waals surface area contributed by atoms with Gasteiger partial charge < -0.3 is 10.0 Å². The van der Waals surface area contributed by atoms with Crippen LogP contribution in [0.1, 0.15) is 22.8 Å². The molecule has 1 N–H and O–H groups in total. The first kappa shape index (κ1) is 14.2. The third-order valence-corrected chi connectivity index (χ3v) is 4.63. The summed E-state index contributed by atoms with van der Waals surface area (Å²) in [6, 6.07) is 4.29. The van der Waals surface area contributed by atoms with Gasteiger partial charge in [-0.25, -0.2) is 4.79 Å². The zero-order chi connectivity index (χ0) is 14.2. The molecule has 2 rings (SSSR count). The van der Waals surface area contributed by atoms with Crippen molar-refractivity contribution in [1.29, 1.82) is 0 Å². The van der Waals surface area contributed by atoms with Crippen molar-refractivity contribution in [3.8, 4) is 0 Å². The molecule has 19 heavy (non-hydrogen) atoms. The fourth-order valence-corrected chi connectivity index (χ4v) is 3.44. The lowest BCUT2D eigenvalue weighted by molar-refractivity contribution is -0.141. The van der Waals surface area contributed by atoms with E-state index in [1.807, 2.05) is 13.8 Å². The number of carbonyl (C=O) groups is 2. The molecule has 0 aromatic heterocycles. The summed E-state index contributed by atoms with van der Waals surface area (Å²) in [5.41, 5.74) is 1.26. The summed E-state index contributed by atoms with van der Waals surface area (Å²) < 4.78 is 0. The third-order valence-electron chi connectivity index (χ3n) is 3.17. The van der Waals surface area contributed by atoms with Crippen LogP contribution in [-0.4, -0.2) is 39.1 Å². The highest BCUT2D eigenvalue weighted by Gasteiger charge is 2.40. The van der Waals surface area contributed by atoms with Gasteiger partial charge in [0.2, 0.25) is 0 Å². The fourth-order valence-electron chi connectivity index (χ4n) is 2.11. The number of hydrogen-bond donors (Lipinski definition) is 1. The van der Waals surface area contributed by atoms with Crippen LogP contribution in [0.4, 0.5) is 0 Å². The Morgan fingerprint density at radius 3 is 2.79 bits per heavy atom. The maximum atomic E-state index is 12.5. The van der Waals surface area contributed by atoms with Gasteiger partial charge in [-0.3, -0.25) is 4.79 Å². The Hall–Kier alpha value is -1.20. The first-order valence-corrected chi connectivity index (χ1v) is 7.27. The van der Waals surface area contributed by atoms with E-state index in [1.54, 1.807) is 18.2 Å². The van der Waals surface area contributed by atoms with Gasteiger partial charge in [0.25, 0.3) is 5.91 Å². The molecule has 0 aliphatic carbocycles. The van der Waals surface area contributed by atoms with Crippen molar-refractivity contribution >= 4 is 35.2 Å². The van der Waals surface area contributed by atoms with Crippen LogP contribution in [0, 0.1) is 6.92 Å². The summed E-state index contributed by atoms with van der Waals surface area (Å²) in [6.07, 6.45) is 0. The number of benzene rings is 1. The van der Waals surface area contributed by atoms with Crippen LogP contribution in [0.2, 0.25) is 5.02 Å². The molecule has 1 aliphatic heterocycles. The summed E-state index contributed by atoms with van der Waals surface area (Å²) in [5.74, 6) is -0.822. The minimum atomic E-state index is -0.968. The van der Waals surface area contributed by atoms with Crippen LogP contribution in [0.25, 0.3) is 0 Å². The number of halogens is 1. The van der Waals surface area contributed by atoms with Crippen molar-refractivity contribution in [2.24, 2.45) is 0 Å². The molecule has 2 unspecified atom stereocenters. The molecule has 2 atom stereocenters. The molecule has 0 radical (unpaired) electrons. The van der Waals surface area contributed by atoms with Gasteiger partial charge in [0.1, 0.15) is 6.04 Å². The van der Waals surface area contributed by atoms with Crippen molar-refractivity contribution in [3.05, 3.63) is 34.3 Å². The van der Waals surface area contributed by atoms with E-state index in [4.69, 9.17) is 11.6 Å². The molecule has 4 nitrogen and oxygen atoms in total. The number of carboxylic acid groups (broad SMARTS) is 1. The van der Waals surface area contributed by atoms with Gasteiger partial charge in [-0.2, -0.15) is 0 Å². The molecule has 1 heterocycles. The molecule has 1 amide bonds. The van der Waals surface area contributed by atoms with E-state index in [0.29, 0.717) is 16.3 Å². The highest BCUT2D eigenvalue weighted by molar-refractivity contribution is 8.00. The Labute approximate surface area is 120 Å². The number of carbonyl (C=O) groups excluding carboxylic acids is 1. The SMILES string of the molecule is Cc1ccc(Cl)cc1C(=O)N1C(C)SCC1C(=O)O. The summed E-state index contributed by atoms with van der Waals surface area (Å²) in [6.45, 7) is 3.65. The van der Waals surface area contributed by atoms with Gasteiger partial charge >= 0.3 is 5.97 Å². The molecular formula is C13H14ClNO3S. The number of aliphatic carboxylic acids is 1. The number of hydrogen-bond acceptors (Lipinski definition) is 3. The van der Waals surface area contributed by atoms with Crippen molar-refractivity contribution in [2.45, 2.75) is 25.3 Å². The predicted octanol–water partition coefficient (Wildman–Crippen LogP) is 2.64. The second kappa shape index (κ2) is 5.43. The zero-order valence-electron chi connectivity index (χ0n) is 10.6. The highest BCUT2D eigenvalue weighted by Crippen LogP contribution is 2.31. The standard InChI is InChI=1S/C13H14ClNO3S/c1-7-3-4-9(14)5-10(7)12(16)15-8(2)19-6-11(15)13(17)18/h3-5,8,11H,6H2,1-2H3,(H,17,18). The monoisotopic (exact) mass is 299 g/mol.